The van der Waals surface area contributed by atoms with Gasteiger partial charge in [0.2, 0.25) is 15.9 Å². The summed E-state index contributed by atoms with van der Waals surface area (Å²) in [6.07, 6.45) is 1.18. The normalized spacial score (nSPS) is 12.8. The molecule has 24 heavy (non-hydrogen) atoms. The highest BCUT2D eigenvalue weighted by molar-refractivity contribution is 7.92. The second-order valence-electron chi connectivity index (χ2n) is 8.14. The van der Waals surface area contributed by atoms with E-state index < -0.39 is 15.4 Å². The van der Waals surface area contributed by atoms with E-state index in [0.717, 1.165) is 5.56 Å². The van der Waals surface area contributed by atoms with E-state index in [-0.39, 0.29) is 24.4 Å². The largest absolute Gasteiger partial charge is 0.354 e. The van der Waals surface area contributed by atoms with Crippen LogP contribution in [0.1, 0.15) is 47.1 Å². The third-order valence-electron chi connectivity index (χ3n) is 3.70. The van der Waals surface area contributed by atoms with Crippen LogP contribution in [0, 0.1) is 5.41 Å². The number of anilines is 1. The predicted octanol–water partition coefficient (Wildman–Crippen LogP) is 2.91. The van der Waals surface area contributed by atoms with Gasteiger partial charge in [-0.3, -0.25) is 9.10 Å². The molecule has 6 heteroatoms. The summed E-state index contributed by atoms with van der Waals surface area (Å²) >= 11 is 0. The van der Waals surface area contributed by atoms with Crippen molar-refractivity contribution in [3.05, 3.63) is 29.8 Å². The van der Waals surface area contributed by atoms with Gasteiger partial charge in [-0.2, -0.15) is 0 Å². The van der Waals surface area contributed by atoms with Crippen LogP contribution < -0.4 is 9.62 Å². The maximum absolute atomic E-state index is 12.1. The van der Waals surface area contributed by atoms with Crippen molar-refractivity contribution in [1.29, 1.82) is 0 Å². The molecule has 1 aromatic rings. The Balaban J connectivity index is 2.90. The number of sulfonamides is 1. The van der Waals surface area contributed by atoms with E-state index in [9.17, 15) is 13.2 Å². The Morgan fingerprint density at radius 3 is 1.92 bits per heavy atom. The fourth-order valence-electron chi connectivity index (χ4n) is 2.15. The molecule has 0 heterocycles. The predicted molar refractivity (Wildman–Crippen MR) is 99.8 cm³/mol. The van der Waals surface area contributed by atoms with Gasteiger partial charge in [0.15, 0.2) is 0 Å². The fourth-order valence-corrected chi connectivity index (χ4v) is 3.08. The van der Waals surface area contributed by atoms with Crippen molar-refractivity contribution in [2.24, 2.45) is 5.41 Å². The second-order valence-corrected chi connectivity index (χ2v) is 10.0. The lowest BCUT2D eigenvalue weighted by Crippen LogP contribution is -2.41. The van der Waals surface area contributed by atoms with E-state index >= 15 is 0 Å². The number of hydrogen-bond acceptors (Lipinski definition) is 3. The first-order valence-corrected chi connectivity index (χ1v) is 9.94. The summed E-state index contributed by atoms with van der Waals surface area (Å²) in [6, 6.07) is 7.52. The van der Waals surface area contributed by atoms with Crippen LogP contribution in [0.4, 0.5) is 5.69 Å². The third-order valence-corrected chi connectivity index (χ3v) is 4.90. The van der Waals surface area contributed by atoms with Gasteiger partial charge in [-0.05, 0) is 23.1 Å². The topological polar surface area (TPSA) is 66.5 Å². The lowest BCUT2D eigenvalue weighted by atomic mass is 9.87. The molecular weight excluding hydrogens is 324 g/mol. The summed E-state index contributed by atoms with van der Waals surface area (Å²) in [7, 11) is -3.42. The van der Waals surface area contributed by atoms with Gasteiger partial charge in [0.05, 0.1) is 18.5 Å². The van der Waals surface area contributed by atoms with Crippen molar-refractivity contribution in [1.82, 2.24) is 5.32 Å². The minimum Gasteiger partial charge on any atom is -0.354 e. The summed E-state index contributed by atoms with van der Waals surface area (Å²) in [5.74, 6) is -0.0981. The highest BCUT2D eigenvalue weighted by Crippen LogP contribution is 2.25. The van der Waals surface area contributed by atoms with Gasteiger partial charge in [0.1, 0.15) is 0 Å². The van der Waals surface area contributed by atoms with E-state index in [0.29, 0.717) is 5.69 Å². The molecule has 0 saturated carbocycles. The lowest BCUT2D eigenvalue weighted by Gasteiger charge is -2.25. The molecule has 0 aromatic heterocycles. The molecule has 0 radical (unpaired) electrons. The Morgan fingerprint density at radius 1 is 1.04 bits per heavy atom. The van der Waals surface area contributed by atoms with Crippen molar-refractivity contribution in [3.63, 3.8) is 0 Å². The van der Waals surface area contributed by atoms with Crippen LogP contribution in [0.2, 0.25) is 0 Å². The zero-order chi connectivity index (χ0) is 18.8. The molecule has 0 unspecified atom stereocenters. The molecule has 0 aliphatic rings. The zero-order valence-corrected chi connectivity index (χ0v) is 16.6. The van der Waals surface area contributed by atoms with Gasteiger partial charge in [-0.1, -0.05) is 53.7 Å². The van der Waals surface area contributed by atoms with Gasteiger partial charge in [0.25, 0.3) is 0 Å². The van der Waals surface area contributed by atoms with Crippen LogP contribution in [0.3, 0.4) is 0 Å². The fraction of sp³-hybridized carbons (Fsp3) is 0.611. The molecule has 0 atom stereocenters. The molecule has 0 aliphatic carbocycles. The number of benzene rings is 1. The summed E-state index contributed by atoms with van der Waals surface area (Å²) in [5.41, 5.74) is 1.26. The highest BCUT2D eigenvalue weighted by Gasteiger charge is 2.22. The number of carbonyl (C=O) groups is 1. The molecule has 1 amide bonds. The Bertz CT molecular complexity index is 666. The number of amides is 1. The van der Waals surface area contributed by atoms with Crippen molar-refractivity contribution in [2.75, 3.05) is 23.7 Å². The van der Waals surface area contributed by atoms with Crippen LogP contribution in [-0.2, 0) is 20.2 Å². The number of nitrogens with one attached hydrogen (secondary N) is 1. The molecule has 0 bridgehead atoms. The smallest absolute Gasteiger partial charge is 0.232 e. The SMILES string of the molecule is CC(C)(C)C(=O)NCCN(c1ccc(C(C)(C)C)cc1)S(C)(=O)=O. The van der Waals surface area contributed by atoms with Gasteiger partial charge >= 0.3 is 0 Å². The molecule has 1 rings (SSSR count). The van der Waals surface area contributed by atoms with Crippen LogP contribution in [-0.4, -0.2) is 33.7 Å². The van der Waals surface area contributed by atoms with E-state index in [4.69, 9.17) is 0 Å². The number of carbonyl (C=O) groups excluding carboxylic acids is 1. The van der Waals surface area contributed by atoms with Gasteiger partial charge in [0, 0.05) is 12.0 Å². The van der Waals surface area contributed by atoms with Crippen LogP contribution in [0.25, 0.3) is 0 Å². The molecule has 0 saturated heterocycles. The maximum Gasteiger partial charge on any atom is 0.232 e. The maximum atomic E-state index is 12.1. The Kier molecular flexibility index (Phi) is 6.09. The van der Waals surface area contributed by atoms with E-state index in [1.807, 2.05) is 45.0 Å². The Morgan fingerprint density at radius 2 is 1.54 bits per heavy atom. The molecule has 0 spiro atoms. The Labute approximate surface area is 146 Å². The summed E-state index contributed by atoms with van der Waals surface area (Å²) in [5, 5.41) is 2.79. The van der Waals surface area contributed by atoms with Crippen molar-refractivity contribution >= 4 is 21.6 Å². The molecule has 5 nitrogen and oxygen atoms in total. The van der Waals surface area contributed by atoms with Gasteiger partial charge < -0.3 is 5.32 Å². The monoisotopic (exact) mass is 354 g/mol. The van der Waals surface area contributed by atoms with E-state index in [1.54, 1.807) is 0 Å². The lowest BCUT2D eigenvalue weighted by molar-refractivity contribution is -0.128. The number of rotatable bonds is 5. The summed E-state index contributed by atoms with van der Waals surface area (Å²) < 4.78 is 25.5. The zero-order valence-electron chi connectivity index (χ0n) is 15.8. The van der Waals surface area contributed by atoms with Crippen LogP contribution >= 0.6 is 0 Å². The van der Waals surface area contributed by atoms with Gasteiger partial charge in [-0.25, -0.2) is 8.42 Å². The summed E-state index contributed by atoms with van der Waals surface area (Å²) in [4.78, 5) is 11.9. The molecule has 1 aromatic carbocycles. The molecule has 136 valence electrons. The number of hydrogen-bond donors (Lipinski definition) is 1. The first kappa shape index (κ1) is 20.5. The van der Waals surface area contributed by atoms with Crippen LogP contribution in [0.15, 0.2) is 24.3 Å². The second kappa shape index (κ2) is 7.13. The first-order valence-electron chi connectivity index (χ1n) is 8.09. The van der Waals surface area contributed by atoms with Crippen molar-refractivity contribution < 1.29 is 13.2 Å². The van der Waals surface area contributed by atoms with Crippen molar-refractivity contribution in [2.45, 2.75) is 47.0 Å². The molecular formula is C18H30N2O3S. The van der Waals surface area contributed by atoms with Crippen molar-refractivity contribution in [3.8, 4) is 0 Å². The van der Waals surface area contributed by atoms with Gasteiger partial charge in [-0.15, -0.1) is 0 Å². The molecule has 1 N–H and O–H groups in total. The summed E-state index contributed by atoms with van der Waals surface area (Å²) in [6.45, 7) is 12.3. The highest BCUT2D eigenvalue weighted by atomic mass is 32.2. The average molecular weight is 355 g/mol. The Hall–Kier alpha value is -1.56. The third kappa shape index (κ3) is 5.82. The van der Waals surface area contributed by atoms with E-state index in [2.05, 4.69) is 26.1 Å². The standard InChI is InChI=1S/C18H30N2O3S/c1-17(2,3)14-8-10-15(11-9-14)20(24(7,22)23)13-12-19-16(21)18(4,5)6/h8-11H,12-13H2,1-7H3,(H,19,21). The molecule has 0 aliphatic heterocycles. The number of nitrogens with zero attached hydrogens (tertiary/aromatic N) is 1. The average Bonchev–Trinajstić information content (AvgIpc) is 2.40. The minimum absolute atomic E-state index is 0.00906. The van der Waals surface area contributed by atoms with Crippen LogP contribution in [0.5, 0.6) is 0 Å². The minimum atomic E-state index is -3.42. The quantitative estimate of drug-likeness (QED) is 0.884. The molecule has 0 fully saturated rings. The van der Waals surface area contributed by atoms with E-state index in [1.165, 1.54) is 10.6 Å². The first-order chi connectivity index (χ1) is 10.7.